The first-order valence-corrected chi connectivity index (χ1v) is 9.49. The Morgan fingerprint density at radius 3 is 2.93 bits per heavy atom. The Hall–Kier alpha value is -2.26. The van der Waals surface area contributed by atoms with Crippen LogP contribution in [0.4, 0.5) is 0 Å². The molecule has 2 fully saturated rings. The van der Waals surface area contributed by atoms with E-state index in [1.165, 1.54) is 6.33 Å². The standard InChI is InChI=1S/C18H27N7O2/c1-22-6-4-20-16(22)9-23-7-15-8-24(11-18(15,10-23)12-26)17(27)3-2-5-25-14-19-13-21-25/h4,6,13-15,26H,2-3,5,7-12H2,1H3. The smallest absolute Gasteiger partial charge is 0.222 e. The number of aliphatic hydroxyl groups excluding tert-OH is 1. The Bertz CT molecular complexity index is 775. The third-order valence-corrected chi connectivity index (χ3v) is 6.03. The minimum atomic E-state index is -0.202. The van der Waals surface area contributed by atoms with Crippen molar-refractivity contribution in [3.8, 4) is 0 Å². The number of imidazole rings is 1. The summed E-state index contributed by atoms with van der Waals surface area (Å²) in [6.07, 6.45) is 8.19. The number of amides is 1. The van der Waals surface area contributed by atoms with Crippen LogP contribution < -0.4 is 0 Å². The van der Waals surface area contributed by atoms with E-state index in [1.54, 1.807) is 11.0 Å². The third-order valence-electron chi connectivity index (χ3n) is 6.03. The lowest BCUT2D eigenvalue weighted by Gasteiger charge is -2.27. The van der Waals surface area contributed by atoms with Gasteiger partial charge in [0.05, 0.1) is 13.2 Å². The molecule has 2 unspecified atom stereocenters. The summed E-state index contributed by atoms with van der Waals surface area (Å²) < 4.78 is 3.78. The predicted molar refractivity (Wildman–Crippen MR) is 97.3 cm³/mol. The van der Waals surface area contributed by atoms with Gasteiger partial charge in [-0.1, -0.05) is 0 Å². The summed E-state index contributed by atoms with van der Waals surface area (Å²) >= 11 is 0. The van der Waals surface area contributed by atoms with E-state index in [-0.39, 0.29) is 17.9 Å². The van der Waals surface area contributed by atoms with Gasteiger partial charge in [-0.25, -0.2) is 9.97 Å². The molecule has 2 saturated heterocycles. The Labute approximate surface area is 158 Å². The van der Waals surface area contributed by atoms with Crippen molar-refractivity contribution < 1.29 is 9.90 Å². The molecule has 9 nitrogen and oxygen atoms in total. The molecule has 146 valence electrons. The van der Waals surface area contributed by atoms with Gasteiger partial charge in [-0.15, -0.1) is 0 Å². The molecule has 0 radical (unpaired) electrons. The van der Waals surface area contributed by atoms with Gasteiger partial charge in [0, 0.05) is 64.0 Å². The van der Waals surface area contributed by atoms with E-state index in [0.29, 0.717) is 25.4 Å². The summed E-state index contributed by atoms with van der Waals surface area (Å²) in [4.78, 5) is 25.2. The van der Waals surface area contributed by atoms with Crippen molar-refractivity contribution in [1.29, 1.82) is 0 Å². The van der Waals surface area contributed by atoms with Crippen LogP contribution in [0.5, 0.6) is 0 Å². The minimum Gasteiger partial charge on any atom is -0.396 e. The van der Waals surface area contributed by atoms with Crippen molar-refractivity contribution in [2.24, 2.45) is 18.4 Å². The number of carbonyl (C=O) groups excluding carboxylic acids is 1. The number of likely N-dealkylation sites (tertiary alicyclic amines) is 2. The molecule has 1 N–H and O–H groups in total. The molecule has 4 rings (SSSR count). The van der Waals surface area contributed by atoms with Gasteiger partial charge < -0.3 is 14.6 Å². The van der Waals surface area contributed by atoms with E-state index in [2.05, 4.69) is 20.0 Å². The van der Waals surface area contributed by atoms with E-state index in [9.17, 15) is 9.90 Å². The Balaban J connectivity index is 1.31. The number of hydrogen-bond donors (Lipinski definition) is 1. The maximum absolute atomic E-state index is 12.6. The summed E-state index contributed by atoms with van der Waals surface area (Å²) in [5.74, 6) is 1.53. The van der Waals surface area contributed by atoms with Crippen LogP contribution in [0.1, 0.15) is 18.7 Å². The summed E-state index contributed by atoms with van der Waals surface area (Å²) in [6, 6.07) is 0. The van der Waals surface area contributed by atoms with Crippen molar-refractivity contribution >= 4 is 5.91 Å². The summed E-state index contributed by atoms with van der Waals surface area (Å²) in [6.45, 7) is 4.70. The summed E-state index contributed by atoms with van der Waals surface area (Å²) in [7, 11) is 2.00. The third kappa shape index (κ3) is 3.61. The van der Waals surface area contributed by atoms with Crippen molar-refractivity contribution in [1.82, 2.24) is 34.1 Å². The van der Waals surface area contributed by atoms with Crippen molar-refractivity contribution in [3.63, 3.8) is 0 Å². The van der Waals surface area contributed by atoms with E-state index < -0.39 is 0 Å². The van der Waals surface area contributed by atoms with Gasteiger partial charge in [0.25, 0.3) is 0 Å². The molecule has 9 heteroatoms. The lowest BCUT2D eigenvalue weighted by atomic mass is 9.82. The Kier molecular flexibility index (Phi) is 4.96. The van der Waals surface area contributed by atoms with Crippen LogP contribution in [0.15, 0.2) is 25.0 Å². The van der Waals surface area contributed by atoms with Crippen molar-refractivity contribution in [2.75, 3.05) is 32.8 Å². The van der Waals surface area contributed by atoms with Crippen LogP contribution in [0.2, 0.25) is 0 Å². The van der Waals surface area contributed by atoms with E-state index in [1.807, 2.05) is 28.9 Å². The highest BCUT2D eigenvalue weighted by Gasteiger charge is 2.52. The van der Waals surface area contributed by atoms with Crippen LogP contribution >= 0.6 is 0 Å². The van der Waals surface area contributed by atoms with Crippen LogP contribution in [0, 0.1) is 11.3 Å². The van der Waals surface area contributed by atoms with Crippen LogP contribution in [-0.2, 0) is 24.9 Å². The maximum Gasteiger partial charge on any atom is 0.222 e. The van der Waals surface area contributed by atoms with Gasteiger partial charge in [0.15, 0.2) is 0 Å². The predicted octanol–water partition coefficient (Wildman–Crippen LogP) is -0.255. The first-order valence-electron chi connectivity index (χ1n) is 9.49. The highest BCUT2D eigenvalue weighted by Crippen LogP contribution is 2.42. The van der Waals surface area contributed by atoms with Gasteiger partial charge >= 0.3 is 0 Å². The monoisotopic (exact) mass is 373 g/mol. The molecule has 2 aliphatic heterocycles. The zero-order valence-corrected chi connectivity index (χ0v) is 15.7. The average Bonchev–Trinajstić information content (AvgIpc) is 3.40. The highest BCUT2D eigenvalue weighted by molar-refractivity contribution is 5.76. The number of nitrogens with zero attached hydrogens (tertiary/aromatic N) is 7. The summed E-state index contributed by atoms with van der Waals surface area (Å²) in [5, 5.41) is 14.2. The molecule has 0 spiro atoms. The molecule has 1 amide bonds. The number of fused-ring (bicyclic) bond motifs is 1. The number of rotatable bonds is 7. The molecule has 2 atom stereocenters. The fourth-order valence-corrected chi connectivity index (χ4v) is 4.47. The molecule has 2 aromatic heterocycles. The first-order chi connectivity index (χ1) is 13.1. The summed E-state index contributed by atoms with van der Waals surface area (Å²) in [5.41, 5.74) is -0.202. The van der Waals surface area contributed by atoms with Gasteiger partial charge in [-0.3, -0.25) is 14.4 Å². The van der Waals surface area contributed by atoms with Gasteiger partial charge in [-0.05, 0) is 12.3 Å². The normalized spacial score (nSPS) is 25.3. The number of aromatic nitrogens is 5. The molecule has 4 heterocycles. The van der Waals surface area contributed by atoms with Crippen LogP contribution in [0.3, 0.4) is 0 Å². The Morgan fingerprint density at radius 2 is 2.26 bits per heavy atom. The van der Waals surface area contributed by atoms with Gasteiger partial charge in [0.2, 0.25) is 5.91 Å². The number of hydrogen-bond acceptors (Lipinski definition) is 6. The molecule has 0 saturated carbocycles. The molecule has 27 heavy (non-hydrogen) atoms. The highest BCUT2D eigenvalue weighted by atomic mass is 16.3. The maximum atomic E-state index is 12.6. The quantitative estimate of drug-likeness (QED) is 0.719. The molecule has 0 aliphatic carbocycles. The second-order valence-corrected chi connectivity index (χ2v) is 7.88. The molecular formula is C18H27N7O2. The molecule has 0 bridgehead atoms. The first kappa shape index (κ1) is 18.1. The molecule has 2 aliphatic rings. The van der Waals surface area contributed by atoms with E-state index >= 15 is 0 Å². The molecule has 2 aromatic rings. The van der Waals surface area contributed by atoms with Gasteiger partial charge in [0.1, 0.15) is 18.5 Å². The largest absolute Gasteiger partial charge is 0.396 e. The SMILES string of the molecule is Cn1ccnc1CN1CC2CN(C(=O)CCCn3cncn3)CC2(CO)C1. The van der Waals surface area contributed by atoms with Crippen molar-refractivity contribution in [3.05, 3.63) is 30.9 Å². The second-order valence-electron chi connectivity index (χ2n) is 7.88. The topological polar surface area (TPSA) is 92.3 Å². The van der Waals surface area contributed by atoms with Gasteiger partial charge in [-0.2, -0.15) is 5.10 Å². The number of aryl methyl sites for hydroxylation is 2. The van der Waals surface area contributed by atoms with Crippen molar-refractivity contribution in [2.45, 2.75) is 25.9 Å². The molecular weight excluding hydrogens is 346 g/mol. The lowest BCUT2D eigenvalue weighted by Crippen LogP contribution is -2.39. The molecule has 0 aromatic carbocycles. The minimum absolute atomic E-state index is 0.122. The second kappa shape index (κ2) is 7.40. The lowest BCUT2D eigenvalue weighted by molar-refractivity contribution is -0.131. The van der Waals surface area contributed by atoms with E-state index in [0.717, 1.165) is 38.4 Å². The zero-order chi connectivity index (χ0) is 18.9. The zero-order valence-electron chi connectivity index (χ0n) is 15.7. The Morgan fingerprint density at radius 1 is 1.37 bits per heavy atom. The van der Waals surface area contributed by atoms with E-state index in [4.69, 9.17) is 0 Å². The van der Waals surface area contributed by atoms with Crippen LogP contribution in [-0.4, -0.2) is 77.9 Å². The average molecular weight is 373 g/mol. The fraction of sp³-hybridized carbons (Fsp3) is 0.667. The number of carbonyl (C=O) groups is 1. The van der Waals surface area contributed by atoms with Crippen LogP contribution in [0.25, 0.3) is 0 Å². The fourth-order valence-electron chi connectivity index (χ4n) is 4.47. The number of aliphatic hydroxyl groups is 1.